The molecular weight excluding hydrogens is 429 g/mol. The van der Waals surface area contributed by atoms with Crippen LogP contribution in [0.2, 0.25) is 0 Å². The molecular formula is C20H19F3N6O3. The molecule has 0 aliphatic heterocycles. The zero-order valence-electron chi connectivity index (χ0n) is 17.3. The highest BCUT2D eigenvalue weighted by Gasteiger charge is 2.33. The van der Waals surface area contributed by atoms with E-state index >= 15 is 0 Å². The highest BCUT2D eigenvalue weighted by atomic mass is 19.4. The molecule has 3 heterocycles. The second-order valence-electron chi connectivity index (χ2n) is 7.32. The summed E-state index contributed by atoms with van der Waals surface area (Å²) < 4.78 is 42.4. The summed E-state index contributed by atoms with van der Waals surface area (Å²) in [5.74, 6) is 0.412. The van der Waals surface area contributed by atoms with E-state index in [0.29, 0.717) is 16.8 Å². The summed E-state index contributed by atoms with van der Waals surface area (Å²) in [6.45, 7) is 1.89. The zero-order valence-corrected chi connectivity index (χ0v) is 17.3. The fraction of sp³-hybridized carbons (Fsp3) is 0.300. The van der Waals surface area contributed by atoms with Gasteiger partial charge in [-0.3, -0.25) is 9.48 Å². The predicted octanol–water partition coefficient (Wildman–Crippen LogP) is 2.11. The first kappa shape index (κ1) is 21.7. The number of imidazole rings is 1. The SMILES string of the molecule is Cc1nn2c(-c3c(CO)nn(C)c3-c3ccc(C(F)(F)F)c(C)c3)nc(CO)c2c(=O)[nH]1. The summed E-state index contributed by atoms with van der Waals surface area (Å²) >= 11 is 0. The van der Waals surface area contributed by atoms with Crippen molar-refractivity contribution in [1.82, 2.24) is 29.4 Å². The third-order valence-electron chi connectivity index (χ3n) is 5.13. The van der Waals surface area contributed by atoms with Gasteiger partial charge in [-0.25, -0.2) is 9.50 Å². The van der Waals surface area contributed by atoms with Crippen molar-refractivity contribution >= 4 is 5.52 Å². The molecule has 0 fully saturated rings. The Morgan fingerprint density at radius 3 is 2.38 bits per heavy atom. The minimum absolute atomic E-state index is 0.0159. The molecule has 0 saturated heterocycles. The molecule has 4 aromatic rings. The van der Waals surface area contributed by atoms with Gasteiger partial charge in [-0.05, 0) is 31.5 Å². The second kappa shape index (κ2) is 7.57. The summed E-state index contributed by atoms with van der Waals surface area (Å²) in [6.07, 6.45) is -4.49. The molecule has 0 saturated carbocycles. The van der Waals surface area contributed by atoms with Crippen LogP contribution in [0.3, 0.4) is 0 Å². The van der Waals surface area contributed by atoms with E-state index < -0.39 is 30.5 Å². The maximum atomic E-state index is 13.2. The van der Waals surface area contributed by atoms with Crippen molar-refractivity contribution in [2.45, 2.75) is 33.2 Å². The molecule has 0 amide bonds. The number of aliphatic hydroxyl groups is 2. The van der Waals surface area contributed by atoms with Gasteiger partial charge in [0.05, 0.1) is 41.4 Å². The number of aliphatic hydroxyl groups excluding tert-OH is 2. The Morgan fingerprint density at radius 2 is 1.78 bits per heavy atom. The molecule has 168 valence electrons. The van der Waals surface area contributed by atoms with Crippen LogP contribution >= 0.6 is 0 Å². The number of nitrogens with zero attached hydrogens (tertiary/aromatic N) is 5. The number of aromatic nitrogens is 6. The number of alkyl halides is 3. The normalized spacial score (nSPS) is 12.1. The van der Waals surface area contributed by atoms with E-state index in [0.717, 1.165) is 6.07 Å². The standard InChI is InChI=1S/C20H19F3N6O3/c1-9-6-11(4-5-12(9)20(21,22)23)16-15(13(7-30)27-28(16)3)18-25-14(8-31)17-19(32)24-10(2)26-29(17)18/h4-6,30-31H,7-8H2,1-3H3,(H,24,26,32). The van der Waals surface area contributed by atoms with E-state index in [1.807, 2.05) is 0 Å². The Bertz CT molecular complexity index is 1400. The molecule has 4 rings (SSSR count). The minimum atomic E-state index is -4.49. The average Bonchev–Trinajstić information content (AvgIpc) is 3.23. The largest absolute Gasteiger partial charge is 0.416 e. The number of nitrogens with one attached hydrogen (secondary N) is 1. The first-order valence-electron chi connectivity index (χ1n) is 9.51. The summed E-state index contributed by atoms with van der Waals surface area (Å²) in [5.41, 5.74) is 0.101. The summed E-state index contributed by atoms with van der Waals surface area (Å²) in [5, 5.41) is 28.2. The maximum Gasteiger partial charge on any atom is 0.416 e. The molecule has 0 radical (unpaired) electrons. The third kappa shape index (κ3) is 3.37. The Labute approximate surface area is 178 Å². The van der Waals surface area contributed by atoms with Crippen molar-refractivity contribution in [1.29, 1.82) is 0 Å². The first-order chi connectivity index (χ1) is 15.1. The molecule has 3 aromatic heterocycles. The number of aromatic amines is 1. The van der Waals surface area contributed by atoms with Crippen LogP contribution in [0.4, 0.5) is 13.2 Å². The van der Waals surface area contributed by atoms with Gasteiger partial charge in [0, 0.05) is 12.6 Å². The van der Waals surface area contributed by atoms with Crippen LogP contribution in [0.25, 0.3) is 28.2 Å². The number of benzene rings is 1. The monoisotopic (exact) mass is 448 g/mol. The van der Waals surface area contributed by atoms with E-state index in [2.05, 4.69) is 20.2 Å². The number of hydrogen-bond donors (Lipinski definition) is 3. The predicted molar refractivity (Wildman–Crippen MR) is 108 cm³/mol. The second-order valence-corrected chi connectivity index (χ2v) is 7.32. The highest BCUT2D eigenvalue weighted by Crippen LogP contribution is 2.38. The molecule has 0 aliphatic rings. The molecule has 1 aromatic carbocycles. The Kier molecular flexibility index (Phi) is 5.13. The van der Waals surface area contributed by atoms with Crippen molar-refractivity contribution in [3.05, 3.63) is 56.9 Å². The molecule has 0 bridgehead atoms. The smallest absolute Gasteiger partial charge is 0.390 e. The van der Waals surface area contributed by atoms with Gasteiger partial charge in [-0.1, -0.05) is 6.07 Å². The van der Waals surface area contributed by atoms with Crippen LogP contribution in [0.15, 0.2) is 23.0 Å². The van der Waals surface area contributed by atoms with Crippen molar-refractivity contribution in [3.63, 3.8) is 0 Å². The van der Waals surface area contributed by atoms with E-state index in [9.17, 15) is 28.2 Å². The Balaban J connectivity index is 2.05. The fourth-order valence-corrected chi connectivity index (χ4v) is 3.84. The molecule has 0 spiro atoms. The first-order valence-corrected chi connectivity index (χ1v) is 9.51. The summed E-state index contributed by atoms with van der Waals surface area (Å²) in [7, 11) is 1.58. The van der Waals surface area contributed by atoms with Gasteiger partial charge in [-0.2, -0.15) is 23.4 Å². The van der Waals surface area contributed by atoms with Crippen LogP contribution < -0.4 is 5.56 Å². The Hall–Kier alpha value is -3.51. The number of halogens is 3. The number of H-pyrrole nitrogens is 1. The molecule has 3 N–H and O–H groups in total. The fourth-order valence-electron chi connectivity index (χ4n) is 3.84. The molecule has 9 nitrogen and oxygen atoms in total. The van der Waals surface area contributed by atoms with Crippen molar-refractivity contribution in [2.24, 2.45) is 7.05 Å². The molecule has 0 aliphatic carbocycles. The third-order valence-corrected chi connectivity index (χ3v) is 5.13. The quantitative estimate of drug-likeness (QED) is 0.440. The average molecular weight is 448 g/mol. The molecule has 0 atom stereocenters. The van der Waals surface area contributed by atoms with E-state index in [4.69, 9.17) is 0 Å². The van der Waals surface area contributed by atoms with E-state index in [-0.39, 0.29) is 34.1 Å². The van der Waals surface area contributed by atoms with Gasteiger partial charge in [-0.15, -0.1) is 0 Å². The lowest BCUT2D eigenvalue weighted by molar-refractivity contribution is -0.138. The van der Waals surface area contributed by atoms with E-state index in [1.54, 1.807) is 14.0 Å². The van der Waals surface area contributed by atoms with Gasteiger partial charge in [0.15, 0.2) is 11.3 Å². The number of aryl methyl sites for hydroxylation is 3. The lowest BCUT2D eigenvalue weighted by Gasteiger charge is -2.13. The Morgan fingerprint density at radius 1 is 1.09 bits per heavy atom. The number of hydrogen-bond acceptors (Lipinski definition) is 6. The zero-order chi connectivity index (χ0) is 23.4. The van der Waals surface area contributed by atoms with Gasteiger partial charge < -0.3 is 15.2 Å². The van der Waals surface area contributed by atoms with Crippen LogP contribution in [-0.4, -0.2) is 39.6 Å². The number of fused-ring (bicyclic) bond motifs is 1. The molecule has 32 heavy (non-hydrogen) atoms. The minimum Gasteiger partial charge on any atom is -0.390 e. The van der Waals surface area contributed by atoms with Crippen molar-refractivity contribution in [2.75, 3.05) is 0 Å². The van der Waals surface area contributed by atoms with Crippen LogP contribution in [0.5, 0.6) is 0 Å². The lowest BCUT2D eigenvalue weighted by atomic mass is 9.99. The highest BCUT2D eigenvalue weighted by molar-refractivity contribution is 5.82. The van der Waals surface area contributed by atoms with Gasteiger partial charge in [0.25, 0.3) is 5.56 Å². The molecule has 12 heteroatoms. The van der Waals surface area contributed by atoms with Crippen LogP contribution in [0.1, 0.15) is 28.3 Å². The number of rotatable bonds is 4. The van der Waals surface area contributed by atoms with Gasteiger partial charge >= 0.3 is 6.18 Å². The lowest BCUT2D eigenvalue weighted by Crippen LogP contribution is -2.15. The topological polar surface area (TPSA) is 121 Å². The van der Waals surface area contributed by atoms with Crippen molar-refractivity contribution < 1.29 is 23.4 Å². The van der Waals surface area contributed by atoms with Gasteiger partial charge in [0.2, 0.25) is 0 Å². The molecule has 0 unspecified atom stereocenters. The van der Waals surface area contributed by atoms with E-state index in [1.165, 1.54) is 28.3 Å². The van der Waals surface area contributed by atoms with Crippen LogP contribution in [-0.2, 0) is 26.4 Å². The summed E-state index contributed by atoms with van der Waals surface area (Å²) in [6, 6.07) is 3.67. The van der Waals surface area contributed by atoms with Crippen LogP contribution in [0, 0.1) is 13.8 Å². The maximum absolute atomic E-state index is 13.2. The van der Waals surface area contributed by atoms with Gasteiger partial charge in [0.1, 0.15) is 5.82 Å². The summed E-state index contributed by atoms with van der Waals surface area (Å²) in [4.78, 5) is 19.4. The van der Waals surface area contributed by atoms with Crippen molar-refractivity contribution in [3.8, 4) is 22.6 Å².